The molecule has 128 heavy (non-hydrogen) atoms. The van der Waals surface area contributed by atoms with Crippen molar-refractivity contribution in [3.63, 3.8) is 0 Å². The van der Waals surface area contributed by atoms with Gasteiger partial charge in [0, 0.05) is 48.2 Å². The number of benzene rings is 7. The van der Waals surface area contributed by atoms with Crippen LogP contribution >= 0.6 is 23.2 Å². The Bertz CT molecular complexity index is 5340. The molecule has 0 radical (unpaired) electrons. The van der Waals surface area contributed by atoms with Gasteiger partial charge in [-0.15, -0.1) is 0 Å². The van der Waals surface area contributed by atoms with Gasteiger partial charge in [-0.2, -0.15) is 0 Å². The van der Waals surface area contributed by atoms with Gasteiger partial charge in [-0.05, 0) is 153 Å². The SMILES string of the molecule is CN[C@H]1C(=O)N[C@@H]2Cc3ccc(cc3)Oc3cc4cc(c3O[C@@H]3O[C@H](C(=O)O)[C@@H](O)[C@H](O)[C@H]3NC(=O)CCCCCCCCC(C)C)Oc3ccc(cc3Cl)[C@@H](O)[C@@H]3NC(=O)[C@H](NC(=O)[C@@H]4NC(=O)[C@@H](NC2=O)c2cc(cc(O)c2Cl)Oc2cc1ccc2O)c1ccc(O)c(c1)-c1c(O[C@H]2O[C@H](CO)[C@@H](O)[C@H](O)[C@@H]2O)cc(O)cc1C(C(=O)NCCCN(C)C)NC3=O. The standard InChI is InChI=1S/C88H100Cl2N10O28/c1-38(2)13-10-8-6-7-9-11-14-61(106)94-70-73(109)75(111)78(86(120)121)128-87(70)127-77-58-31-43-32-59(77)124-55-24-19-42(29-50(55)89)71(107)69-85(119)98-67(80(114)92-25-12-26-100(4)5)48-33-44(102)34-57(125-88-76(112)74(110)72(108)60(37-101)126-88)62(48)47-28-40(17-22-52(47)103)65(82(116)99-69)95-83(117)66(43)96-84(118)68-49-35-46(36-54(105)63(49)90)123-56-30-41(18-23-53(56)104)64(91-3)81(115)93-51(79(113)97-68)27-39-15-20-45(122-58)21-16-39/h15-24,28-36,38,51,60,64-76,78,87-88,91,101-105,107-112H,6-14,25-27,37H2,1-5H3,(H,92,114)(H,93,115)(H,94,106)(H,95,117)(H,96,118)(H,97,113)(H,98,119)(H,99,116)(H,120,121)/t51-,60-,64-,65-,66-,67?,68+,69+,70-,71-,72-,73-,74+,75+,76+,78+,87-,88+/m1/s1. The molecule has 8 aliphatic heterocycles. The quantitative estimate of drug-likeness (QED) is 0.0423. The zero-order chi connectivity index (χ0) is 92.0. The number of phenolic OH excluding ortho intramolecular Hbond substituents is 4. The fourth-order valence-electron chi connectivity index (χ4n) is 15.9. The molecule has 17 bridgehead atoms. The first-order valence-corrected chi connectivity index (χ1v) is 42.3. The first-order chi connectivity index (χ1) is 61.1. The van der Waals surface area contributed by atoms with Crippen LogP contribution in [0.3, 0.4) is 0 Å². The molecule has 0 aromatic heterocycles. The van der Waals surface area contributed by atoms with E-state index in [-0.39, 0.29) is 47.8 Å². The normalized spacial score (nSPS) is 25.8. The van der Waals surface area contributed by atoms with Gasteiger partial charge in [-0.3, -0.25) is 38.4 Å². The van der Waals surface area contributed by atoms with E-state index in [2.05, 4.69) is 61.7 Å². The van der Waals surface area contributed by atoms with Crippen molar-refractivity contribution in [2.75, 3.05) is 40.8 Å². The molecule has 0 saturated carbocycles. The Labute approximate surface area is 742 Å². The Hall–Kier alpha value is -11.9. The van der Waals surface area contributed by atoms with Gasteiger partial charge >= 0.3 is 5.97 Å². The Morgan fingerprint density at radius 2 is 1.21 bits per heavy atom. The molecule has 21 N–H and O–H groups in total. The molecule has 38 nitrogen and oxygen atoms in total. The van der Waals surface area contributed by atoms with Crippen molar-refractivity contribution in [2.24, 2.45) is 5.92 Å². The number of carbonyl (C=O) groups is 9. The number of amides is 8. The number of halogens is 2. The van der Waals surface area contributed by atoms with E-state index in [9.17, 15) is 75.7 Å². The molecule has 7 aromatic carbocycles. The Morgan fingerprint density at radius 3 is 1.91 bits per heavy atom. The second-order valence-corrected chi connectivity index (χ2v) is 33.5. The van der Waals surface area contributed by atoms with Crippen LogP contribution in [0.2, 0.25) is 10.0 Å². The lowest BCUT2D eigenvalue weighted by atomic mass is 9.89. The summed E-state index contributed by atoms with van der Waals surface area (Å²) in [4.78, 5) is 140. The Kier molecular flexibility index (Phi) is 29.7. The number of fused-ring (bicyclic) bond motifs is 14. The van der Waals surface area contributed by atoms with Crippen molar-refractivity contribution in [2.45, 2.75) is 188 Å². The average Bonchev–Trinajstić information content (AvgIpc) is 0.755. The summed E-state index contributed by atoms with van der Waals surface area (Å²) in [6.07, 6.45) is -15.8. The number of aliphatic carboxylic acids is 1. The van der Waals surface area contributed by atoms with Gasteiger partial charge in [0.1, 0.15) is 131 Å². The summed E-state index contributed by atoms with van der Waals surface area (Å²) in [5.74, 6) is -17.5. The third kappa shape index (κ3) is 21.1. The summed E-state index contributed by atoms with van der Waals surface area (Å²) in [5, 5.41) is 161. The summed E-state index contributed by atoms with van der Waals surface area (Å²) in [6.45, 7) is 3.61. The van der Waals surface area contributed by atoms with Crippen LogP contribution in [0, 0.1) is 5.92 Å². The van der Waals surface area contributed by atoms with E-state index in [1.54, 1.807) is 19.0 Å². The topological polar surface area (TPSA) is 573 Å². The van der Waals surface area contributed by atoms with E-state index < -0.39 is 271 Å². The van der Waals surface area contributed by atoms with Gasteiger partial charge in [0.05, 0.1) is 16.7 Å². The smallest absolute Gasteiger partial charge is 0.335 e. The number of aliphatic hydroxyl groups excluding tert-OH is 7. The van der Waals surface area contributed by atoms with E-state index in [0.29, 0.717) is 30.9 Å². The lowest BCUT2D eigenvalue weighted by molar-refractivity contribution is -0.277. The molecule has 8 amide bonds. The number of likely N-dealkylation sites (N-methyl/N-ethyl adjacent to an activating group) is 1. The van der Waals surface area contributed by atoms with Gasteiger partial charge in [0.2, 0.25) is 65.6 Å². The molecule has 8 aliphatic rings. The minimum atomic E-state index is -2.45. The molecular formula is C88H100Cl2N10O28. The molecule has 684 valence electrons. The molecule has 18 atom stereocenters. The zero-order valence-electron chi connectivity index (χ0n) is 69.7. The second-order valence-electron chi connectivity index (χ2n) is 32.7. The average molecular weight is 1820 g/mol. The first kappa shape index (κ1) is 93.7. The molecule has 2 fully saturated rings. The molecular weight excluding hydrogens is 1720 g/mol. The van der Waals surface area contributed by atoms with Crippen molar-refractivity contribution in [1.82, 2.24) is 52.8 Å². The van der Waals surface area contributed by atoms with Crippen molar-refractivity contribution in [3.05, 3.63) is 164 Å². The van der Waals surface area contributed by atoms with E-state index in [1.807, 2.05) is 0 Å². The monoisotopic (exact) mass is 1810 g/mol. The van der Waals surface area contributed by atoms with Crippen LogP contribution in [0.25, 0.3) is 11.1 Å². The number of nitrogens with zero attached hydrogens (tertiary/aromatic N) is 1. The fourth-order valence-corrected chi connectivity index (χ4v) is 16.4. The van der Waals surface area contributed by atoms with Crippen LogP contribution in [-0.4, -0.2) is 234 Å². The van der Waals surface area contributed by atoms with E-state index in [1.165, 1.54) is 49.5 Å². The highest BCUT2D eigenvalue weighted by molar-refractivity contribution is 6.33. The zero-order valence-corrected chi connectivity index (χ0v) is 71.2. The largest absolute Gasteiger partial charge is 0.508 e. The van der Waals surface area contributed by atoms with Crippen LogP contribution in [0.15, 0.2) is 115 Å². The number of unbranched alkanes of at least 4 members (excludes halogenated alkanes) is 5. The summed E-state index contributed by atoms with van der Waals surface area (Å²) >= 11 is 14.3. The Morgan fingerprint density at radius 1 is 0.562 bits per heavy atom. The van der Waals surface area contributed by atoms with Crippen LogP contribution < -0.4 is 71.5 Å². The molecule has 0 spiro atoms. The van der Waals surface area contributed by atoms with Gasteiger partial charge in [0.25, 0.3) is 0 Å². The lowest BCUT2D eigenvalue weighted by Gasteiger charge is -2.41. The highest BCUT2D eigenvalue weighted by Gasteiger charge is 2.52. The summed E-state index contributed by atoms with van der Waals surface area (Å²) < 4.78 is 44.5. The Balaban J connectivity index is 1.04. The van der Waals surface area contributed by atoms with Crippen LogP contribution in [-0.2, 0) is 59.0 Å². The maximum Gasteiger partial charge on any atom is 0.335 e. The van der Waals surface area contributed by atoms with Crippen molar-refractivity contribution >= 4 is 76.4 Å². The summed E-state index contributed by atoms with van der Waals surface area (Å²) in [6, 6.07) is 5.68. The van der Waals surface area contributed by atoms with E-state index in [0.717, 1.165) is 105 Å². The number of carbonyl (C=O) groups excluding carboxylic acids is 8. The van der Waals surface area contributed by atoms with Crippen molar-refractivity contribution in [3.8, 4) is 80.1 Å². The highest BCUT2D eigenvalue weighted by atomic mass is 35.5. The number of carboxylic acid groups (broad SMARTS) is 1. The highest BCUT2D eigenvalue weighted by Crippen LogP contribution is 2.51. The molecule has 7 aromatic rings. The molecule has 2 saturated heterocycles. The van der Waals surface area contributed by atoms with Crippen LogP contribution in [0.5, 0.6) is 69.0 Å². The van der Waals surface area contributed by atoms with Gasteiger partial charge in [-0.25, -0.2) is 4.79 Å². The van der Waals surface area contributed by atoms with Gasteiger partial charge in [0.15, 0.2) is 29.1 Å². The third-order valence-corrected chi connectivity index (χ3v) is 23.4. The number of aromatic hydroxyl groups is 4. The maximum absolute atomic E-state index is 16.8. The third-order valence-electron chi connectivity index (χ3n) is 22.7. The molecule has 8 heterocycles. The molecule has 40 heteroatoms. The molecule has 0 aliphatic carbocycles. The minimum Gasteiger partial charge on any atom is -0.508 e. The van der Waals surface area contributed by atoms with E-state index in [4.69, 9.17) is 56.4 Å². The number of hydrogen-bond acceptors (Lipinski definition) is 29. The molecule has 1 unspecified atom stereocenters. The predicted molar refractivity (Wildman–Crippen MR) is 452 cm³/mol. The van der Waals surface area contributed by atoms with Crippen molar-refractivity contribution < 1.29 is 138 Å². The number of ether oxygens (including phenoxy) is 7. The van der Waals surface area contributed by atoms with Crippen molar-refractivity contribution in [1.29, 1.82) is 0 Å². The number of phenols is 4. The van der Waals surface area contributed by atoms with Crippen LogP contribution in [0.4, 0.5) is 0 Å². The number of carboxylic acids is 1. The van der Waals surface area contributed by atoms with E-state index >= 15 is 28.8 Å². The minimum absolute atomic E-state index is 0.0943. The van der Waals surface area contributed by atoms with Crippen LogP contribution in [0.1, 0.15) is 147 Å². The fraction of sp³-hybridized carbons (Fsp3) is 0.420. The lowest BCUT2D eigenvalue weighted by Crippen LogP contribution is -2.66. The number of aliphatic hydroxyl groups is 7. The number of hydrogen-bond donors (Lipinski definition) is 21. The maximum atomic E-state index is 16.8. The summed E-state index contributed by atoms with van der Waals surface area (Å²) in [5.41, 5.74) is -2.68. The first-order valence-electron chi connectivity index (χ1n) is 41.5. The van der Waals surface area contributed by atoms with Gasteiger partial charge in [-0.1, -0.05) is 106 Å². The molecule has 15 rings (SSSR count). The summed E-state index contributed by atoms with van der Waals surface area (Å²) in [7, 11) is 4.95. The number of rotatable bonds is 22. The van der Waals surface area contributed by atoms with Gasteiger partial charge < -0.3 is 147 Å². The number of nitrogens with one attached hydrogen (secondary N) is 9. The second kappa shape index (κ2) is 40.6. The predicted octanol–water partition coefficient (Wildman–Crippen LogP) is 4.17.